The van der Waals surface area contributed by atoms with E-state index in [1.54, 1.807) is 24.3 Å². The van der Waals surface area contributed by atoms with Crippen LogP contribution < -0.4 is 9.64 Å². The number of nitrogens with zero attached hydrogens (tertiary/aromatic N) is 3. The average Bonchev–Trinajstić information content (AvgIpc) is 2.67. The third kappa shape index (κ3) is 3.35. The van der Waals surface area contributed by atoms with Crippen LogP contribution in [0.5, 0.6) is 5.75 Å². The number of ether oxygens (including phenoxy) is 3. The number of nitro groups is 1. The summed E-state index contributed by atoms with van der Waals surface area (Å²) in [5.41, 5.74) is 0.665. The van der Waals surface area contributed by atoms with Gasteiger partial charge in [0.05, 0.1) is 6.54 Å². The third-order valence-corrected chi connectivity index (χ3v) is 3.96. The van der Waals surface area contributed by atoms with Gasteiger partial charge in [-0.05, 0) is 16.0 Å². The van der Waals surface area contributed by atoms with Gasteiger partial charge in [-0.25, -0.2) is 0 Å². The number of anilines is 1. The Morgan fingerprint density at radius 1 is 1.23 bits per heavy atom. The third-order valence-electron chi connectivity index (χ3n) is 3.96. The van der Waals surface area contributed by atoms with Crippen LogP contribution in [0.25, 0.3) is 0 Å². The summed E-state index contributed by atoms with van der Waals surface area (Å²) in [4.78, 5) is 28.7. The van der Waals surface area contributed by atoms with E-state index in [1.807, 2.05) is 6.07 Å². The van der Waals surface area contributed by atoms with Gasteiger partial charge in [0.15, 0.2) is 12.0 Å². The van der Waals surface area contributed by atoms with Crippen LogP contribution in [0.1, 0.15) is 11.7 Å². The number of aromatic nitrogens is 1. The quantitative estimate of drug-likeness (QED) is 0.442. The summed E-state index contributed by atoms with van der Waals surface area (Å²) in [5, 5.41) is 11.0. The molecule has 0 radical (unpaired) electrons. The van der Waals surface area contributed by atoms with E-state index in [-0.39, 0.29) is 23.9 Å². The molecule has 0 bridgehead atoms. The van der Waals surface area contributed by atoms with E-state index in [1.165, 1.54) is 31.3 Å². The molecule has 0 aliphatic carbocycles. The van der Waals surface area contributed by atoms with Gasteiger partial charge in [-0.2, -0.15) is 0 Å². The number of fused-ring (bicyclic) bond motifs is 1. The summed E-state index contributed by atoms with van der Waals surface area (Å²) in [6.45, 7) is 0.0136. The van der Waals surface area contributed by atoms with Gasteiger partial charge in [-0.3, -0.25) is 9.69 Å². The molecule has 0 saturated carbocycles. The van der Waals surface area contributed by atoms with Crippen LogP contribution in [0.15, 0.2) is 42.5 Å². The second-order valence-electron chi connectivity index (χ2n) is 5.51. The lowest BCUT2D eigenvalue weighted by atomic mass is 10.1. The van der Waals surface area contributed by atoms with Gasteiger partial charge in [-0.1, -0.05) is 30.3 Å². The van der Waals surface area contributed by atoms with E-state index >= 15 is 0 Å². The van der Waals surface area contributed by atoms with Crippen LogP contribution >= 0.6 is 0 Å². The van der Waals surface area contributed by atoms with Crippen molar-refractivity contribution in [2.45, 2.75) is 12.4 Å². The van der Waals surface area contributed by atoms with E-state index in [2.05, 4.69) is 4.98 Å². The van der Waals surface area contributed by atoms with E-state index < -0.39 is 23.2 Å². The molecule has 0 saturated heterocycles. The van der Waals surface area contributed by atoms with Gasteiger partial charge >= 0.3 is 5.82 Å². The molecule has 0 spiro atoms. The summed E-state index contributed by atoms with van der Waals surface area (Å²) in [7, 11) is 2.88. The minimum Gasteiger partial charge on any atom is -0.469 e. The Balaban J connectivity index is 2.05. The van der Waals surface area contributed by atoms with Crippen LogP contribution in [0.2, 0.25) is 0 Å². The smallest absolute Gasteiger partial charge is 0.366 e. The topological polar surface area (TPSA) is 104 Å². The second kappa shape index (κ2) is 7.46. The molecule has 0 fully saturated rings. The number of amides is 1. The first-order valence-corrected chi connectivity index (χ1v) is 7.79. The van der Waals surface area contributed by atoms with E-state index in [4.69, 9.17) is 14.2 Å². The number of rotatable bonds is 6. The zero-order chi connectivity index (χ0) is 18.7. The molecular weight excluding hydrogens is 342 g/mol. The van der Waals surface area contributed by atoms with Crippen LogP contribution in [-0.2, 0) is 14.3 Å². The number of hydrogen-bond donors (Lipinski definition) is 0. The normalized spacial score (nSPS) is 16.3. The molecule has 1 amide bonds. The van der Waals surface area contributed by atoms with Gasteiger partial charge in [0, 0.05) is 25.8 Å². The highest BCUT2D eigenvalue weighted by Crippen LogP contribution is 2.38. The lowest BCUT2D eigenvalue weighted by molar-refractivity contribution is -0.389. The molecule has 1 aliphatic rings. The molecule has 26 heavy (non-hydrogen) atoms. The summed E-state index contributed by atoms with van der Waals surface area (Å²) in [6.07, 6.45) is -1.61. The predicted octanol–water partition coefficient (Wildman–Crippen LogP) is 2.08. The maximum atomic E-state index is 13.0. The summed E-state index contributed by atoms with van der Waals surface area (Å²) >= 11 is 0. The second-order valence-corrected chi connectivity index (χ2v) is 5.51. The molecule has 3 rings (SSSR count). The van der Waals surface area contributed by atoms with Crippen molar-refractivity contribution < 1.29 is 23.9 Å². The molecule has 1 aromatic carbocycles. The Labute approximate surface area is 149 Å². The SMILES string of the molecule is COC(CN1C(=O)C(c2ccccc2)Oc2ccc([N+](=O)[O-])nc21)OC. The van der Waals surface area contributed by atoms with E-state index in [9.17, 15) is 14.9 Å². The summed E-state index contributed by atoms with van der Waals surface area (Å²) in [5.74, 6) is -0.448. The highest BCUT2D eigenvalue weighted by molar-refractivity contribution is 5.99. The first-order valence-electron chi connectivity index (χ1n) is 7.79. The van der Waals surface area contributed by atoms with Gasteiger partial charge in [0.2, 0.25) is 6.10 Å². The Morgan fingerprint density at radius 2 is 1.92 bits per heavy atom. The molecule has 1 unspecified atom stereocenters. The highest BCUT2D eigenvalue weighted by Gasteiger charge is 2.40. The maximum absolute atomic E-state index is 13.0. The van der Waals surface area contributed by atoms with E-state index in [0.717, 1.165) is 0 Å². The van der Waals surface area contributed by atoms with Gasteiger partial charge in [0.1, 0.15) is 0 Å². The van der Waals surface area contributed by atoms with Crippen LogP contribution in [0, 0.1) is 10.1 Å². The zero-order valence-corrected chi connectivity index (χ0v) is 14.2. The Morgan fingerprint density at radius 3 is 2.54 bits per heavy atom. The summed E-state index contributed by atoms with van der Waals surface area (Å²) in [6, 6.07) is 11.6. The average molecular weight is 359 g/mol. The van der Waals surface area contributed by atoms with Gasteiger partial charge in [0.25, 0.3) is 11.7 Å². The Hall–Kier alpha value is -3.04. The minimum absolute atomic E-state index is 0.0136. The van der Waals surface area contributed by atoms with Crippen molar-refractivity contribution >= 4 is 17.5 Å². The van der Waals surface area contributed by atoms with Crippen LogP contribution in [0.3, 0.4) is 0 Å². The van der Waals surface area contributed by atoms with Crippen molar-refractivity contribution in [1.29, 1.82) is 0 Å². The minimum atomic E-state index is -0.888. The molecule has 2 aromatic rings. The molecule has 0 N–H and O–H groups in total. The fraction of sp³-hybridized carbons (Fsp3) is 0.294. The van der Waals surface area contributed by atoms with E-state index in [0.29, 0.717) is 5.56 Å². The lowest BCUT2D eigenvalue weighted by Gasteiger charge is -2.32. The molecule has 136 valence electrons. The monoisotopic (exact) mass is 359 g/mol. The van der Waals surface area contributed by atoms with Gasteiger partial charge < -0.3 is 24.3 Å². The molecule has 9 nitrogen and oxygen atoms in total. The van der Waals surface area contributed by atoms with Crippen molar-refractivity contribution in [2.75, 3.05) is 25.7 Å². The number of hydrogen-bond acceptors (Lipinski definition) is 7. The standard InChI is InChI=1S/C17H17N3O6/c1-24-14(25-2)10-19-16-12(8-9-13(18-16)20(22)23)26-15(17(19)21)11-6-4-3-5-7-11/h3-9,14-15H,10H2,1-2H3. The molecule has 1 aliphatic heterocycles. The van der Waals surface area contributed by atoms with Crippen molar-refractivity contribution in [3.63, 3.8) is 0 Å². The molecular formula is C17H17N3O6. The number of carbonyl (C=O) groups excluding carboxylic acids is 1. The predicted molar refractivity (Wildman–Crippen MR) is 90.9 cm³/mol. The van der Waals surface area contributed by atoms with Crippen LogP contribution in [-0.4, -0.2) is 42.9 Å². The fourth-order valence-electron chi connectivity index (χ4n) is 2.65. The largest absolute Gasteiger partial charge is 0.469 e. The maximum Gasteiger partial charge on any atom is 0.366 e. The molecule has 9 heteroatoms. The fourth-order valence-corrected chi connectivity index (χ4v) is 2.65. The highest BCUT2D eigenvalue weighted by atomic mass is 16.7. The summed E-state index contributed by atoms with van der Waals surface area (Å²) < 4.78 is 16.1. The molecule has 1 aromatic heterocycles. The first-order chi connectivity index (χ1) is 12.5. The number of methoxy groups -OCH3 is 2. The van der Waals surface area contributed by atoms with Gasteiger partial charge in [-0.15, -0.1) is 0 Å². The first kappa shape index (κ1) is 17.8. The lowest BCUT2D eigenvalue weighted by Crippen LogP contribution is -2.46. The number of carbonyl (C=O) groups is 1. The van der Waals surface area contributed by atoms with Crippen molar-refractivity contribution in [1.82, 2.24) is 4.98 Å². The zero-order valence-electron chi connectivity index (χ0n) is 14.2. The molecule has 2 heterocycles. The van der Waals surface area contributed by atoms with Crippen molar-refractivity contribution in [2.24, 2.45) is 0 Å². The molecule has 1 atom stereocenters. The van der Waals surface area contributed by atoms with Crippen molar-refractivity contribution in [3.8, 4) is 5.75 Å². The van der Waals surface area contributed by atoms with Crippen molar-refractivity contribution in [3.05, 3.63) is 58.1 Å². The van der Waals surface area contributed by atoms with Crippen LogP contribution in [0.4, 0.5) is 11.6 Å². The Bertz CT molecular complexity index is 809. The Kier molecular flexibility index (Phi) is 5.10. The number of benzene rings is 1. The number of pyridine rings is 1.